The minimum absolute atomic E-state index is 0.0190. The molecule has 1 saturated carbocycles. The molecule has 4 nitrogen and oxygen atoms in total. The van der Waals surface area contributed by atoms with Gasteiger partial charge in [0, 0.05) is 11.8 Å². The molecule has 0 bridgehead atoms. The van der Waals surface area contributed by atoms with E-state index in [1.54, 1.807) is 13.2 Å². The molecule has 1 aliphatic rings. The Balaban J connectivity index is 2.04. The lowest BCUT2D eigenvalue weighted by Crippen LogP contribution is -2.41. The van der Waals surface area contributed by atoms with Crippen molar-refractivity contribution in [1.29, 1.82) is 0 Å². The number of rotatable bonds is 8. The third-order valence-electron chi connectivity index (χ3n) is 5.36. The van der Waals surface area contributed by atoms with Crippen LogP contribution in [0.5, 0.6) is 11.5 Å². The fourth-order valence-corrected chi connectivity index (χ4v) is 3.60. The molecule has 130 valence electrons. The van der Waals surface area contributed by atoms with Crippen LogP contribution in [0.15, 0.2) is 18.2 Å². The van der Waals surface area contributed by atoms with Gasteiger partial charge in [-0.2, -0.15) is 0 Å². The lowest BCUT2D eigenvalue weighted by atomic mass is 9.92. The molecule has 5 heteroatoms. The third kappa shape index (κ3) is 4.64. The van der Waals surface area contributed by atoms with Crippen molar-refractivity contribution >= 4 is 14.0 Å². The second kappa shape index (κ2) is 6.73. The predicted molar refractivity (Wildman–Crippen MR) is 97.5 cm³/mol. The van der Waals surface area contributed by atoms with E-state index >= 15 is 0 Å². The van der Waals surface area contributed by atoms with Gasteiger partial charge in [-0.05, 0) is 61.4 Å². The Labute approximate surface area is 141 Å². The number of hydrogen-bond donors (Lipinski definition) is 2. The van der Waals surface area contributed by atoms with Gasteiger partial charge in [-0.25, -0.2) is 0 Å². The summed E-state index contributed by atoms with van der Waals surface area (Å²) in [6, 6.07) is 5.49. The zero-order chi connectivity index (χ0) is 17.3. The number of anilines is 1. The molecule has 23 heavy (non-hydrogen) atoms. The molecule has 0 amide bonds. The Morgan fingerprint density at radius 1 is 1.30 bits per heavy atom. The maximum Gasteiger partial charge on any atom is 0.188 e. The van der Waals surface area contributed by atoms with E-state index in [1.807, 2.05) is 25.2 Å². The maximum atomic E-state index is 10.6. The molecule has 2 rings (SSSR count). The lowest BCUT2D eigenvalue weighted by Gasteiger charge is -2.38. The summed E-state index contributed by atoms with van der Waals surface area (Å²) < 4.78 is 11.4. The summed E-state index contributed by atoms with van der Waals surface area (Å²) >= 11 is 0. The number of nitrogens with two attached hydrogens (primary N) is 1. The normalized spacial score (nSPS) is 17.0. The molecule has 0 heterocycles. The minimum Gasteiger partial charge on any atom is -0.493 e. The van der Waals surface area contributed by atoms with Gasteiger partial charge in [0.1, 0.15) is 0 Å². The van der Waals surface area contributed by atoms with Crippen molar-refractivity contribution in [1.82, 2.24) is 0 Å². The molecular weight excluding hydrogens is 306 g/mol. The predicted octanol–water partition coefficient (Wildman–Crippen LogP) is 4.05. The minimum atomic E-state index is -2.20. The number of benzene rings is 1. The third-order valence-corrected chi connectivity index (χ3v) is 8.87. The zero-order valence-corrected chi connectivity index (χ0v) is 16.1. The molecular formula is C18H31NO3Si. The molecule has 1 aromatic carbocycles. The van der Waals surface area contributed by atoms with Crippen molar-refractivity contribution in [2.24, 2.45) is 11.8 Å². The van der Waals surface area contributed by atoms with Gasteiger partial charge in [0.05, 0.1) is 13.7 Å². The molecule has 3 N–H and O–H groups in total. The average molecular weight is 338 g/mol. The van der Waals surface area contributed by atoms with Crippen molar-refractivity contribution in [2.75, 3.05) is 19.5 Å². The van der Waals surface area contributed by atoms with Gasteiger partial charge >= 0.3 is 0 Å². The van der Waals surface area contributed by atoms with Crippen molar-refractivity contribution in [3.8, 4) is 11.5 Å². The van der Waals surface area contributed by atoms with Gasteiger partial charge in [0.25, 0.3) is 0 Å². The van der Waals surface area contributed by atoms with Crippen LogP contribution in [0.4, 0.5) is 5.69 Å². The zero-order valence-electron chi connectivity index (χ0n) is 15.1. The van der Waals surface area contributed by atoms with Crippen LogP contribution in [0.1, 0.15) is 33.1 Å². The fourth-order valence-electron chi connectivity index (χ4n) is 2.83. The first-order valence-corrected chi connectivity index (χ1v) is 11.4. The van der Waals surface area contributed by atoms with E-state index in [4.69, 9.17) is 15.2 Å². The molecule has 1 atom stereocenters. The summed E-state index contributed by atoms with van der Waals surface area (Å²) in [4.78, 5) is 10.6. The van der Waals surface area contributed by atoms with E-state index in [1.165, 1.54) is 12.8 Å². The van der Waals surface area contributed by atoms with Crippen molar-refractivity contribution in [3.05, 3.63) is 18.2 Å². The molecule has 0 aromatic heterocycles. The first kappa shape index (κ1) is 18.1. The van der Waals surface area contributed by atoms with E-state index in [-0.39, 0.29) is 5.04 Å². The fraction of sp³-hybridized carbons (Fsp3) is 0.667. The quantitative estimate of drug-likeness (QED) is 0.555. The van der Waals surface area contributed by atoms with E-state index in [9.17, 15) is 4.80 Å². The van der Waals surface area contributed by atoms with E-state index in [0.717, 1.165) is 18.1 Å². The van der Waals surface area contributed by atoms with Crippen molar-refractivity contribution in [2.45, 2.75) is 51.2 Å². The van der Waals surface area contributed by atoms with Gasteiger partial charge in [0.2, 0.25) is 0 Å². The molecule has 0 radical (unpaired) electrons. The number of hydrogen-bond acceptors (Lipinski definition) is 4. The molecule has 0 spiro atoms. The second-order valence-corrected chi connectivity index (χ2v) is 12.4. The number of nitrogen functional groups attached to an aromatic ring is 1. The summed E-state index contributed by atoms with van der Waals surface area (Å²) in [7, 11) is -0.568. The van der Waals surface area contributed by atoms with E-state index in [2.05, 4.69) is 13.8 Å². The average Bonchev–Trinajstić information content (AvgIpc) is 3.27. The second-order valence-electron chi connectivity index (χ2n) is 7.97. The largest absolute Gasteiger partial charge is 0.493 e. The molecule has 1 aromatic rings. The van der Waals surface area contributed by atoms with Crippen LogP contribution in [0, 0.1) is 11.8 Å². The Morgan fingerprint density at radius 2 is 1.96 bits per heavy atom. The molecule has 0 saturated heterocycles. The van der Waals surface area contributed by atoms with Crippen LogP contribution in [0.25, 0.3) is 0 Å². The summed E-state index contributed by atoms with van der Waals surface area (Å²) in [5, 5.41) is -0.0190. The highest BCUT2D eigenvalue weighted by atomic mass is 28.4. The number of ether oxygens (including phenoxy) is 2. The van der Waals surface area contributed by atoms with Crippen LogP contribution in [-0.4, -0.2) is 26.8 Å². The smallest absolute Gasteiger partial charge is 0.188 e. The van der Waals surface area contributed by atoms with Gasteiger partial charge < -0.3 is 20.0 Å². The molecule has 1 unspecified atom stereocenters. The highest BCUT2D eigenvalue weighted by Gasteiger charge is 2.43. The highest BCUT2D eigenvalue weighted by Crippen LogP contribution is 2.48. The molecule has 0 aliphatic heterocycles. The van der Waals surface area contributed by atoms with Crippen LogP contribution < -0.4 is 15.2 Å². The van der Waals surface area contributed by atoms with Gasteiger partial charge in [0.15, 0.2) is 19.8 Å². The Hall–Kier alpha value is -1.20. The SMILES string of the molecule is COc1cc(N)ccc1OCC(CC(C)(C)[Si](C)(C)O)C1CC1. The van der Waals surface area contributed by atoms with Gasteiger partial charge in [-0.1, -0.05) is 13.8 Å². The van der Waals surface area contributed by atoms with E-state index in [0.29, 0.717) is 24.0 Å². The Morgan fingerprint density at radius 3 is 2.48 bits per heavy atom. The van der Waals surface area contributed by atoms with Crippen molar-refractivity contribution < 1.29 is 14.3 Å². The molecule has 1 aliphatic carbocycles. The highest BCUT2D eigenvalue weighted by molar-refractivity contribution is 6.72. The Bertz CT molecular complexity index is 536. The summed E-state index contributed by atoms with van der Waals surface area (Å²) in [5.74, 6) is 2.62. The summed E-state index contributed by atoms with van der Waals surface area (Å²) in [6.45, 7) is 9.11. The number of methoxy groups -OCH3 is 1. The first-order valence-electron chi connectivity index (χ1n) is 8.43. The maximum absolute atomic E-state index is 10.6. The van der Waals surface area contributed by atoms with Crippen LogP contribution >= 0.6 is 0 Å². The van der Waals surface area contributed by atoms with Crippen LogP contribution in [-0.2, 0) is 0 Å². The standard InChI is InChI=1S/C18H31NO3Si/c1-18(2,23(4,5)20)11-14(13-6-7-13)12-22-16-9-8-15(19)10-17(16)21-3/h8-10,13-14,20H,6-7,11-12,19H2,1-5H3. The summed E-state index contributed by atoms with van der Waals surface area (Å²) in [5.41, 5.74) is 6.46. The monoisotopic (exact) mass is 337 g/mol. The van der Waals surface area contributed by atoms with Gasteiger partial charge in [-0.3, -0.25) is 0 Å². The first-order chi connectivity index (χ1) is 10.6. The topological polar surface area (TPSA) is 64.7 Å². The Kier molecular flexibility index (Phi) is 5.31. The lowest BCUT2D eigenvalue weighted by molar-refractivity contribution is 0.199. The molecule has 1 fully saturated rings. The van der Waals surface area contributed by atoms with Gasteiger partial charge in [-0.15, -0.1) is 0 Å². The summed E-state index contributed by atoms with van der Waals surface area (Å²) in [6.07, 6.45) is 3.55. The van der Waals surface area contributed by atoms with Crippen LogP contribution in [0.3, 0.4) is 0 Å². The van der Waals surface area contributed by atoms with Crippen molar-refractivity contribution in [3.63, 3.8) is 0 Å². The van der Waals surface area contributed by atoms with E-state index < -0.39 is 8.32 Å². The van der Waals surface area contributed by atoms with Crippen LogP contribution in [0.2, 0.25) is 18.1 Å².